The van der Waals surface area contributed by atoms with Crippen LogP contribution >= 0.6 is 0 Å². The third-order valence-electron chi connectivity index (χ3n) is 16.9. The number of ether oxygens (including phenoxy) is 7. The predicted molar refractivity (Wildman–Crippen MR) is 336 cm³/mol. The molecule has 0 aromatic heterocycles. The van der Waals surface area contributed by atoms with Gasteiger partial charge in [-0.15, -0.1) is 0 Å². The maximum atomic E-state index is 13.8. The number of carboxylic acid groups (broad SMARTS) is 3. The van der Waals surface area contributed by atoms with Crippen molar-refractivity contribution in [1.29, 1.82) is 0 Å². The van der Waals surface area contributed by atoms with Gasteiger partial charge < -0.3 is 92.6 Å². The van der Waals surface area contributed by atoms with Crippen molar-refractivity contribution in [1.82, 2.24) is 14.7 Å². The van der Waals surface area contributed by atoms with E-state index >= 15 is 0 Å². The molecule has 0 radical (unpaired) electrons. The molecule has 3 aliphatic rings. The number of aliphatic carboxylic acids is 3. The van der Waals surface area contributed by atoms with Crippen molar-refractivity contribution in [2.24, 2.45) is 11.8 Å². The van der Waals surface area contributed by atoms with Crippen LogP contribution in [0.2, 0.25) is 0 Å². The van der Waals surface area contributed by atoms with Crippen LogP contribution in [0.5, 0.6) is 0 Å². The average molecular weight is 1290 g/mol. The molecule has 0 bridgehead atoms. The van der Waals surface area contributed by atoms with Crippen LogP contribution in [0, 0.1) is 11.8 Å². The average Bonchev–Trinajstić information content (AvgIpc) is 0.771. The minimum Gasteiger partial charge on any atom is -0.480 e. The molecule has 25 nitrogen and oxygen atoms in total. The Labute approximate surface area is 537 Å². The van der Waals surface area contributed by atoms with E-state index in [1.54, 1.807) is 6.92 Å². The highest BCUT2D eigenvalue weighted by atomic mass is 16.7. The third kappa shape index (κ3) is 24.2. The van der Waals surface area contributed by atoms with Crippen LogP contribution in [-0.4, -0.2) is 332 Å². The fourth-order valence-corrected chi connectivity index (χ4v) is 13.3. The molecule has 2 saturated heterocycles. The minimum atomic E-state index is -1.72. The fourth-order valence-electron chi connectivity index (χ4n) is 13.3. The molecule has 6 rings (SSSR count). The Balaban J connectivity index is 1.55. The molecule has 3 aromatic carbocycles. The number of rotatable bonds is 37. The number of quaternary nitrogens is 3. The van der Waals surface area contributed by atoms with Gasteiger partial charge >= 0.3 is 17.9 Å². The van der Waals surface area contributed by atoms with Gasteiger partial charge in [-0.25, -0.2) is 14.4 Å². The molecule has 3 fully saturated rings. The van der Waals surface area contributed by atoms with Gasteiger partial charge in [-0.2, -0.15) is 0 Å². The number of benzene rings is 3. The Bertz CT molecular complexity index is 2640. The number of carbonyl (C=O) groups is 3. The van der Waals surface area contributed by atoms with Crippen LogP contribution in [0.1, 0.15) is 37.0 Å². The zero-order chi connectivity index (χ0) is 67.0. The highest BCUT2D eigenvalue weighted by Crippen LogP contribution is 2.41. The zero-order valence-electron chi connectivity index (χ0n) is 55.2. The summed E-state index contributed by atoms with van der Waals surface area (Å²) in [5.41, 5.74) is 2.48. The number of carboxylic acids is 3. The van der Waals surface area contributed by atoms with Gasteiger partial charge in [0.25, 0.3) is 0 Å². The number of likely N-dealkylation sites (N-methyl/N-ethyl adjacent to an activating group) is 3. The van der Waals surface area contributed by atoms with E-state index in [-0.39, 0.29) is 58.8 Å². The van der Waals surface area contributed by atoms with Gasteiger partial charge in [0.1, 0.15) is 94.4 Å². The van der Waals surface area contributed by atoms with Gasteiger partial charge in [-0.1, -0.05) is 97.9 Å². The summed E-state index contributed by atoms with van der Waals surface area (Å²) in [4.78, 5) is 41.8. The molecular weight excluding hydrogens is 1180 g/mol. The third-order valence-corrected chi connectivity index (χ3v) is 16.9. The number of hydrogen-bond donors (Lipinski definition) is 9. The molecule has 2 aliphatic heterocycles. The molecule has 1 aliphatic carbocycles. The number of nitrogens with zero attached hydrogens (tertiary/aromatic N) is 6. The summed E-state index contributed by atoms with van der Waals surface area (Å²) in [6.07, 6.45) is -16.2. The lowest BCUT2D eigenvalue weighted by atomic mass is 9.73. The first-order valence-corrected chi connectivity index (χ1v) is 31.6. The van der Waals surface area contributed by atoms with Crippen LogP contribution in [0.15, 0.2) is 91.0 Å². The van der Waals surface area contributed by atoms with Gasteiger partial charge in [0, 0.05) is 39.3 Å². The molecule has 1 saturated carbocycles. The largest absolute Gasteiger partial charge is 0.480 e. The lowest BCUT2D eigenvalue weighted by Crippen LogP contribution is -2.70. The monoisotopic (exact) mass is 1290 g/mol. The van der Waals surface area contributed by atoms with Crippen molar-refractivity contribution in [3.8, 4) is 0 Å². The number of aliphatic hydroxyl groups excluding tert-OH is 6. The molecule has 2 heterocycles. The van der Waals surface area contributed by atoms with Crippen molar-refractivity contribution in [3.63, 3.8) is 0 Å². The smallest absolute Gasteiger partial charge is 0.329 e. The van der Waals surface area contributed by atoms with E-state index < -0.39 is 160 Å². The quantitative estimate of drug-likeness (QED) is 0.0355. The van der Waals surface area contributed by atoms with Gasteiger partial charge in [0.05, 0.1) is 120 Å². The summed E-state index contributed by atoms with van der Waals surface area (Å²) in [6, 6.07) is 25.1. The molecule has 9 N–H and O–H groups in total. The van der Waals surface area contributed by atoms with Crippen LogP contribution in [0.25, 0.3) is 0 Å². The molecule has 0 amide bonds. The first-order valence-electron chi connectivity index (χ1n) is 31.6. The van der Waals surface area contributed by atoms with Crippen molar-refractivity contribution in [2.75, 3.05) is 142 Å². The van der Waals surface area contributed by atoms with Crippen LogP contribution in [0.3, 0.4) is 0 Å². The SMILES string of the molecule is C[C@@H]1[C@@H](COCC(=O)O)C[C@@H](O[C@H]2[C@H](O)[C@@H](N(Cc3ccccc3)CC(O)C[N+](C)(C)C)[C@H](O[C@H]3[C@H](O)[C@@H](N(Cc4ccccc4)CC(O)C[N+](C)(C)C)[C@H](C)O[C@@H]3COCC(=O)O)O[C@@H]2COCC(=O)O)[C@H](N(Cc2ccccc2)CC(O)C[N+](C)(C)C)[C@H]1O. The minimum absolute atomic E-state index is 0.0572. The van der Waals surface area contributed by atoms with E-state index in [4.69, 9.17) is 33.2 Å². The molecule has 0 spiro atoms. The maximum Gasteiger partial charge on any atom is 0.329 e. The second-order valence-corrected chi connectivity index (χ2v) is 28.3. The first kappa shape index (κ1) is 75.3. The fraction of sp³-hybridized carbons (Fsp3) is 0.682. The zero-order valence-corrected chi connectivity index (χ0v) is 55.2. The summed E-state index contributed by atoms with van der Waals surface area (Å²) < 4.78 is 47.0. The van der Waals surface area contributed by atoms with Gasteiger partial charge in [0.2, 0.25) is 0 Å². The van der Waals surface area contributed by atoms with E-state index in [2.05, 4.69) is 0 Å². The summed E-state index contributed by atoms with van der Waals surface area (Å²) >= 11 is 0. The molecular formula is C66H107N6O19+3. The van der Waals surface area contributed by atoms with Crippen molar-refractivity contribution >= 4 is 17.9 Å². The topological polar surface area (TPSA) is 308 Å². The molecule has 18 atom stereocenters. The highest BCUT2D eigenvalue weighted by molar-refractivity contribution is 5.68. The number of aliphatic hydroxyl groups is 6. The second kappa shape index (κ2) is 34.6. The normalized spacial score (nSPS) is 28.7. The van der Waals surface area contributed by atoms with E-state index in [9.17, 15) is 60.3 Å². The Hall–Kier alpha value is -4.69. The van der Waals surface area contributed by atoms with Crippen molar-refractivity contribution < 1.29 is 107 Å². The lowest BCUT2D eigenvalue weighted by Gasteiger charge is -2.54. The maximum absolute atomic E-state index is 13.8. The Morgan fingerprint density at radius 2 is 0.846 bits per heavy atom. The summed E-state index contributed by atoms with van der Waals surface area (Å²) in [5, 5.41) is 105. The second-order valence-electron chi connectivity index (χ2n) is 28.3. The standard InChI is InChI=1S/C66H104N6O19/c1-43-48(37-85-40-55(76)77)27-52(59(61(43)82)68(29-46-23-17-13-18-24-46)32-50(74)35-71(6,7)8)89-64-54(39-87-42-57(80)81)90-66(60(63(64)84)69(30-47-25-19-14-20-26-47)33-51(75)36-72(9,10)11)91-65-53(38-86-41-56(78)79)88-44(2)58(62(65)83)67(28-45-21-15-12-16-22-45)31-49(73)34-70(3,4)5/h12-26,43-44,48-54,58-66,73-75,82-84H,27-42H2,1-11H3/p+3/t43-,44+,48-,49?,50?,51?,52-,53-,54-,58+,59+,60-,61+,62-,63-,64-,65-,66+/m1/s1. The van der Waals surface area contributed by atoms with Gasteiger partial charge in [-0.05, 0) is 41.9 Å². The Kier molecular flexibility index (Phi) is 28.7. The molecule has 91 heavy (non-hydrogen) atoms. The molecule has 3 aromatic rings. The van der Waals surface area contributed by atoms with Crippen molar-refractivity contribution in [2.45, 2.75) is 138 Å². The van der Waals surface area contributed by atoms with Crippen LogP contribution < -0.4 is 0 Å². The summed E-state index contributed by atoms with van der Waals surface area (Å²) in [7, 11) is 17.5. The van der Waals surface area contributed by atoms with Gasteiger partial charge in [-0.3, -0.25) is 14.7 Å². The Morgan fingerprint density at radius 3 is 1.24 bits per heavy atom. The molecule has 25 heteroatoms. The lowest BCUT2D eigenvalue weighted by molar-refractivity contribution is -0.873. The van der Waals surface area contributed by atoms with Crippen LogP contribution in [-0.2, 0) is 67.2 Å². The molecule has 3 unspecified atom stereocenters. The highest BCUT2D eigenvalue weighted by Gasteiger charge is 2.56. The van der Waals surface area contributed by atoms with E-state index in [1.165, 1.54) is 0 Å². The summed E-state index contributed by atoms with van der Waals surface area (Å²) in [6.45, 7) is 1.94. The summed E-state index contributed by atoms with van der Waals surface area (Å²) in [5.74, 6) is -4.82. The molecule has 512 valence electrons. The first-order chi connectivity index (χ1) is 42.7. The van der Waals surface area contributed by atoms with E-state index in [0.29, 0.717) is 26.5 Å². The van der Waals surface area contributed by atoms with Crippen molar-refractivity contribution in [3.05, 3.63) is 108 Å². The predicted octanol–water partition coefficient (Wildman–Crippen LogP) is 0.494. The van der Waals surface area contributed by atoms with Gasteiger partial charge in [0.15, 0.2) is 6.29 Å². The number of hydrogen-bond acceptors (Lipinski definition) is 19. The van der Waals surface area contributed by atoms with E-state index in [0.717, 1.165) is 16.7 Å². The van der Waals surface area contributed by atoms with E-state index in [1.807, 2.05) is 176 Å². The Morgan fingerprint density at radius 1 is 0.495 bits per heavy atom. The van der Waals surface area contributed by atoms with Crippen LogP contribution in [0.4, 0.5) is 0 Å².